The maximum Gasteiger partial charge on any atom is 0.437 e. The minimum Gasteiger partial charge on any atom is -0.479 e. The van der Waals surface area contributed by atoms with Crippen LogP contribution in [0, 0.1) is 11.3 Å². The Balaban J connectivity index is 2.03. The number of ether oxygens (including phenoxy) is 2. The maximum absolute atomic E-state index is 13.5. The summed E-state index contributed by atoms with van der Waals surface area (Å²) in [4.78, 5) is 46.3. The Labute approximate surface area is 246 Å². The molecular weight excluding hydrogens is 585 g/mol. The minimum absolute atomic E-state index is 0.0509. The molecule has 0 aliphatic carbocycles. The second-order valence-electron chi connectivity index (χ2n) is 10.0. The van der Waals surface area contributed by atoms with E-state index in [1.54, 1.807) is 45.0 Å². The summed E-state index contributed by atoms with van der Waals surface area (Å²) < 4.78 is 8.08. The van der Waals surface area contributed by atoms with Gasteiger partial charge < -0.3 is 14.6 Å². The van der Waals surface area contributed by atoms with Crippen LogP contribution in [0.25, 0.3) is 0 Å². The molecule has 0 radical (unpaired) electrons. The molecule has 1 aliphatic rings. The lowest BCUT2D eigenvalue weighted by Crippen LogP contribution is -2.63. The normalized spacial score (nSPS) is 19.3. The number of carbonyl (C=O) groups excluding carboxylic acids is 2. The van der Waals surface area contributed by atoms with Gasteiger partial charge in [-0.05, 0) is 91.7 Å². The topological polar surface area (TPSA) is 129 Å². The van der Waals surface area contributed by atoms with Crippen LogP contribution in [0.15, 0.2) is 54.6 Å². The fourth-order valence-electron chi connectivity index (χ4n) is 4.34. The van der Waals surface area contributed by atoms with Crippen molar-refractivity contribution in [2.75, 3.05) is 6.54 Å². The van der Waals surface area contributed by atoms with Gasteiger partial charge in [-0.25, -0.2) is 14.4 Å². The Kier molecular flexibility index (Phi) is 9.80. The number of hydroxylamine groups is 2. The van der Waals surface area contributed by atoms with Crippen LogP contribution in [-0.4, -0.2) is 55.4 Å². The van der Waals surface area contributed by atoms with Gasteiger partial charge in [-0.15, -0.1) is 0 Å². The average Bonchev–Trinajstić information content (AvgIpc) is 2.87. The van der Waals surface area contributed by atoms with E-state index >= 15 is 0 Å². The zero-order chi connectivity index (χ0) is 29.7. The standard InChI is InChI=1S/C27H28Cl3N3O7/c1-25(2,3)39-23(36)32-16-21(13-14-26(32,22(34)35)20-11-9-18(15-31)10-12-20)33(24(37)40-27(28,29)30)38-17-19-7-5-4-6-8-19/h4-12,21H,13-14,16-17H2,1-3H3,(H,34,35)/t21-,26+/m1/s1. The summed E-state index contributed by atoms with van der Waals surface area (Å²) in [6.07, 6.45) is -2.17. The highest BCUT2D eigenvalue weighted by molar-refractivity contribution is 6.66. The number of amides is 2. The van der Waals surface area contributed by atoms with Crippen LogP contribution in [0.5, 0.6) is 0 Å². The Hall–Kier alpha value is -3.23. The number of benzene rings is 2. The van der Waals surface area contributed by atoms with Gasteiger partial charge in [0, 0.05) is 6.54 Å². The number of hydrogen-bond acceptors (Lipinski definition) is 7. The van der Waals surface area contributed by atoms with Gasteiger partial charge in [0.1, 0.15) is 12.2 Å². The van der Waals surface area contributed by atoms with Crippen molar-refractivity contribution in [3.63, 3.8) is 0 Å². The monoisotopic (exact) mass is 611 g/mol. The lowest BCUT2D eigenvalue weighted by Gasteiger charge is -2.48. The molecule has 1 saturated heterocycles. The lowest BCUT2D eigenvalue weighted by atomic mass is 9.79. The SMILES string of the molecule is CC(C)(C)OC(=O)N1C[C@H](N(OCc2ccccc2)C(=O)OC(Cl)(Cl)Cl)CC[C@@]1(C(=O)O)c1ccc(C#N)cc1. The molecule has 13 heteroatoms. The number of aliphatic carboxylic acids is 1. The molecule has 3 rings (SSSR count). The van der Waals surface area contributed by atoms with Crippen molar-refractivity contribution in [2.45, 2.75) is 61.4 Å². The zero-order valence-electron chi connectivity index (χ0n) is 22.0. The van der Waals surface area contributed by atoms with Crippen LogP contribution in [0.4, 0.5) is 9.59 Å². The summed E-state index contributed by atoms with van der Waals surface area (Å²) in [6.45, 7) is 4.53. The first-order valence-corrected chi connectivity index (χ1v) is 13.3. The first-order valence-electron chi connectivity index (χ1n) is 12.2. The Bertz CT molecular complexity index is 1260. The molecule has 0 saturated carbocycles. The van der Waals surface area contributed by atoms with E-state index in [-0.39, 0.29) is 31.6 Å². The predicted octanol–water partition coefficient (Wildman–Crippen LogP) is 6.14. The molecule has 40 heavy (non-hydrogen) atoms. The highest BCUT2D eigenvalue weighted by Gasteiger charge is 2.54. The van der Waals surface area contributed by atoms with Gasteiger partial charge >= 0.3 is 22.1 Å². The summed E-state index contributed by atoms with van der Waals surface area (Å²) in [6, 6.07) is 15.9. The molecule has 2 amide bonds. The summed E-state index contributed by atoms with van der Waals surface area (Å²) in [5.41, 5.74) is -1.56. The van der Waals surface area contributed by atoms with Crippen LogP contribution in [0.3, 0.4) is 0 Å². The summed E-state index contributed by atoms with van der Waals surface area (Å²) in [5, 5.41) is 20.6. The molecule has 0 unspecified atom stereocenters. The zero-order valence-corrected chi connectivity index (χ0v) is 24.2. The van der Waals surface area contributed by atoms with Gasteiger partial charge in [0.05, 0.1) is 17.7 Å². The molecule has 2 atom stereocenters. The Morgan fingerprint density at radius 1 is 1.07 bits per heavy atom. The highest BCUT2D eigenvalue weighted by atomic mass is 35.6. The minimum atomic E-state index is -2.40. The van der Waals surface area contributed by atoms with E-state index < -0.39 is 39.3 Å². The summed E-state index contributed by atoms with van der Waals surface area (Å²) >= 11 is 17.1. The van der Waals surface area contributed by atoms with Crippen molar-refractivity contribution in [1.82, 2.24) is 9.96 Å². The Morgan fingerprint density at radius 2 is 1.70 bits per heavy atom. The average molecular weight is 613 g/mol. The van der Waals surface area contributed by atoms with Crippen LogP contribution < -0.4 is 0 Å². The number of carboxylic acid groups (broad SMARTS) is 1. The van der Waals surface area contributed by atoms with Crippen molar-refractivity contribution < 1.29 is 33.8 Å². The first kappa shape index (κ1) is 31.3. The lowest BCUT2D eigenvalue weighted by molar-refractivity contribution is -0.191. The van der Waals surface area contributed by atoms with Crippen molar-refractivity contribution in [1.29, 1.82) is 5.26 Å². The maximum atomic E-state index is 13.5. The second kappa shape index (κ2) is 12.5. The second-order valence-corrected chi connectivity index (χ2v) is 12.2. The van der Waals surface area contributed by atoms with Crippen molar-refractivity contribution in [3.8, 4) is 6.07 Å². The predicted molar refractivity (Wildman–Crippen MR) is 146 cm³/mol. The van der Waals surface area contributed by atoms with E-state index in [4.69, 9.17) is 49.1 Å². The van der Waals surface area contributed by atoms with Crippen LogP contribution in [0.2, 0.25) is 0 Å². The fraction of sp³-hybridized carbons (Fsp3) is 0.407. The number of rotatable bonds is 6. The Morgan fingerprint density at radius 3 is 2.23 bits per heavy atom. The highest BCUT2D eigenvalue weighted by Crippen LogP contribution is 2.41. The summed E-state index contributed by atoms with van der Waals surface area (Å²) in [7, 11) is 0. The molecule has 1 N–H and O–H groups in total. The van der Waals surface area contributed by atoms with E-state index in [1.807, 2.05) is 12.1 Å². The van der Waals surface area contributed by atoms with Gasteiger partial charge in [0.2, 0.25) is 0 Å². The van der Waals surface area contributed by atoms with Gasteiger partial charge in [0.15, 0.2) is 5.54 Å². The molecule has 2 aromatic carbocycles. The van der Waals surface area contributed by atoms with E-state index in [9.17, 15) is 24.8 Å². The smallest absolute Gasteiger partial charge is 0.437 e. The molecule has 2 aromatic rings. The number of piperidine rings is 1. The van der Waals surface area contributed by atoms with Crippen molar-refractivity contribution in [2.24, 2.45) is 0 Å². The van der Waals surface area contributed by atoms with Crippen LogP contribution >= 0.6 is 34.8 Å². The quantitative estimate of drug-likeness (QED) is 0.304. The third-order valence-corrected chi connectivity index (χ3v) is 6.31. The number of alkyl halides is 3. The van der Waals surface area contributed by atoms with Gasteiger partial charge in [-0.1, -0.05) is 42.5 Å². The van der Waals surface area contributed by atoms with Gasteiger partial charge in [0.25, 0.3) is 0 Å². The number of likely N-dealkylation sites (tertiary alicyclic amines) is 1. The molecule has 10 nitrogen and oxygen atoms in total. The molecule has 0 bridgehead atoms. The third kappa shape index (κ3) is 7.70. The number of carbonyl (C=O) groups is 3. The third-order valence-electron chi connectivity index (χ3n) is 6.08. The molecule has 1 heterocycles. The molecule has 0 spiro atoms. The van der Waals surface area contributed by atoms with Gasteiger partial charge in [-0.3, -0.25) is 9.74 Å². The van der Waals surface area contributed by atoms with Crippen LogP contribution in [0.1, 0.15) is 50.3 Å². The first-order chi connectivity index (χ1) is 18.7. The number of halogens is 3. The summed E-state index contributed by atoms with van der Waals surface area (Å²) in [5.74, 6) is -1.32. The largest absolute Gasteiger partial charge is 0.479 e. The molecule has 1 fully saturated rings. The number of nitrogens with zero attached hydrogens (tertiary/aromatic N) is 3. The molecule has 0 aromatic heterocycles. The van der Waals surface area contributed by atoms with Crippen molar-refractivity contribution in [3.05, 3.63) is 71.3 Å². The molecule has 214 valence electrons. The van der Waals surface area contributed by atoms with E-state index in [1.165, 1.54) is 24.3 Å². The fourth-order valence-corrected chi connectivity index (χ4v) is 4.54. The number of carboxylic acids is 1. The van der Waals surface area contributed by atoms with Crippen LogP contribution in [-0.2, 0) is 31.3 Å². The number of hydrogen-bond donors (Lipinski definition) is 1. The van der Waals surface area contributed by atoms with E-state index in [0.717, 1.165) is 9.96 Å². The van der Waals surface area contributed by atoms with E-state index in [2.05, 4.69) is 0 Å². The molecular formula is C27H28Cl3N3O7. The van der Waals surface area contributed by atoms with Gasteiger partial charge in [-0.2, -0.15) is 10.3 Å². The number of nitriles is 1. The van der Waals surface area contributed by atoms with E-state index in [0.29, 0.717) is 11.1 Å². The van der Waals surface area contributed by atoms with Crippen molar-refractivity contribution >= 4 is 53.0 Å². The molecule has 1 aliphatic heterocycles.